The molecule has 16 heteroatoms. The van der Waals surface area contributed by atoms with Crippen LogP contribution in [0.3, 0.4) is 0 Å². The number of amides is 3. The van der Waals surface area contributed by atoms with Gasteiger partial charge in [0, 0.05) is 33.1 Å². The Morgan fingerprint density at radius 2 is 1.87 bits per heavy atom. The highest BCUT2D eigenvalue weighted by Crippen LogP contribution is 2.29. The monoisotopic (exact) mass is 662 g/mol. The summed E-state index contributed by atoms with van der Waals surface area (Å²) < 4.78 is 21.6. The first-order valence-electron chi connectivity index (χ1n) is 14.1. The van der Waals surface area contributed by atoms with Crippen molar-refractivity contribution < 1.29 is 23.5 Å². The number of carbonyl (C=O) groups excluding carboxylic acids is 3. The number of halogens is 1. The van der Waals surface area contributed by atoms with Gasteiger partial charge in [0.05, 0.1) is 12.7 Å². The average molecular weight is 663 g/mol. The highest BCUT2D eigenvalue weighted by molar-refractivity contribution is 7.19. The van der Waals surface area contributed by atoms with Crippen LogP contribution in [0.2, 0.25) is 0 Å². The Morgan fingerprint density at radius 1 is 1.07 bits per heavy atom. The summed E-state index contributed by atoms with van der Waals surface area (Å²) in [5.74, 6) is -0.802. The van der Waals surface area contributed by atoms with Gasteiger partial charge < -0.3 is 15.4 Å². The first-order valence-corrected chi connectivity index (χ1v) is 15.7. The lowest BCUT2D eigenvalue weighted by Crippen LogP contribution is -2.36. The van der Waals surface area contributed by atoms with Crippen LogP contribution in [-0.2, 0) is 22.5 Å². The number of aryl methyl sites for hydroxylation is 1. The number of carbonyl (C=O) groups is 3. The number of thiophene rings is 1. The number of ether oxygens (including phenoxy) is 1. The van der Waals surface area contributed by atoms with Crippen LogP contribution in [0.4, 0.5) is 20.7 Å². The Kier molecular flexibility index (Phi) is 8.31. The first-order chi connectivity index (χ1) is 21.9. The molecular formula is C30H27FN8O5S2. The van der Waals surface area contributed by atoms with Crippen LogP contribution >= 0.6 is 22.7 Å². The number of nitrogens with one attached hydrogen (secondary N) is 3. The van der Waals surface area contributed by atoms with E-state index in [-0.39, 0.29) is 33.7 Å². The molecule has 13 nitrogen and oxygen atoms in total. The quantitative estimate of drug-likeness (QED) is 0.219. The lowest BCUT2D eigenvalue weighted by Gasteiger charge is -2.19. The van der Waals surface area contributed by atoms with Crippen molar-refractivity contribution in [3.8, 4) is 10.6 Å². The van der Waals surface area contributed by atoms with Gasteiger partial charge in [0.2, 0.25) is 10.9 Å². The summed E-state index contributed by atoms with van der Waals surface area (Å²) in [5.41, 5.74) is -1.13. The molecule has 236 valence electrons. The Bertz CT molecular complexity index is 2050. The van der Waals surface area contributed by atoms with Crippen LogP contribution in [0.5, 0.6) is 0 Å². The highest BCUT2D eigenvalue weighted by Gasteiger charge is 2.31. The van der Waals surface area contributed by atoms with Crippen molar-refractivity contribution in [1.82, 2.24) is 30.0 Å². The number of benzene rings is 1. The molecule has 0 bridgehead atoms. The maximum Gasteiger partial charge on any atom is 0.413 e. The van der Waals surface area contributed by atoms with Gasteiger partial charge in [0.1, 0.15) is 34.8 Å². The van der Waals surface area contributed by atoms with E-state index in [0.717, 1.165) is 26.3 Å². The Labute approximate surface area is 268 Å². The van der Waals surface area contributed by atoms with Crippen LogP contribution in [-0.4, -0.2) is 48.2 Å². The molecule has 0 saturated carbocycles. The van der Waals surface area contributed by atoms with Gasteiger partial charge in [-0.3, -0.25) is 24.3 Å². The summed E-state index contributed by atoms with van der Waals surface area (Å²) in [7, 11) is 0. The fourth-order valence-corrected chi connectivity index (χ4v) is 6.60. The minimum absolute atomic E-state index is 0.0660. The summed E-state index contributed by atoms with van der Waals surface area (Å²) in [6.45, 7) is 5.51. The molecule has 0 fully saturated rings. The van der Waals surface area contributed by atoms with E-state index in [9.17, 15) is 23.6 Å². The van der Waals surface area contributed by atoms with Crippen molar-refractivity contribution in [1.29, 1.82) is 0 Å². The molecule has 0 spiro atoms. The smallest absolute Gasteiger partial charge is 0.413 e. The van der Waals surface area contributed by atoms with Crippen molar-refractivity contribution >= 4 is 62.2 Å². The van der Waals surface area contributed by atoms with Crippen molar-refractivity contribution in [2.75, 3.05) is 10.6 Å². The molecule has 1 aliphatic heterocycles. The van der Waals surface area contributed by atoms with E-state index < -0.39 is 35.0 Å². The van der Waals surface area contributed by atoms with Crippen LogP contribution < -0.4 is 21.5 Å². The predicted octanol–water partition coefficient (Wildman–Crippen LogP) is 4.91. The van der Waals surface area contributed by atoms with E-state index in [0.29, 0.717) is 24.5 Å². The van der Waals surface area contributed by atoms with Gasteiger partial charge in [0.15, 0.2) is 5.01 Å². The number of rotatable bonds is 7. The SMILES string of the molecule is CC(C)(C)OC(=O)Nc1cc2sc(CNC(=O)[C@@H]3CCc4ncc(NC(=O)c5nnc(-c6ccccc6F)s5)c(=O)n43)cc2cn1. The van der Waals surface area contributed by atoms with Crippen LogP contribution in [0, 0.1) is 5.82 Å². The van der Waals surface area contributed by atoms with Gasteiger partial charge in [-0.1, -0.05) is 23.5 Å². The van der Waals surface area contributed by atoms with Crippen molar-refractivity contribution in [2.24, 2.45) is 0 Å². The molecule has 6 rings (SSSR count). The third-order valence-corrected chi connectivity index (χ3v) is 8.87. The van der Waals surface area contributed by atoms with E-state index in [1.54, 1.807) is 45.2 Å². The third kappa shape index (κ3) is 6.62. The largest absolute Gasteiger partial charge is 0.444 e. The fourth-order valence-electron chi connectivity index (χ4n) is 4.82. The van der Waals surface area contributed by atoms with Crippen molar-refractivity contribution in [2.45, 2.75) is 51.8 Å². The molecule has 1 atom stereocenters. The Morgan fingerprint density at radius 3 is 2.65 bits per heavy atom. The molecule has 0 radical (unpaired) electrons. The van der Waals surface area contributed by atoms with E-state index in [1.165, 1.54) is 34.2 Å². The lowest BCUT2D eigenvalue weighted by molar-refractivity contribution is -0.124. The van der Waals surface area contributed by atoms with E-state index >= 15 is 0 Å². The summed E-state index contributed by atoms with van der Waals surface area (Å²) >= 11 is 2.31. The normalized spacial score (nSPS) is 14.1. The molecule has 0 unspecified atom stereocenters. The second-order valence-electron chi connectivity index (χ2n) is 11.3. The molecule has 4 aromatic heterocycles. The minimum atomic E-state index is -0.818. The van der Waals surface area contributed by atoms with Gasteiger partial charge in [0.25, 0.3) is 11.5 Å². The Hall–Kier alpha value is -5.09. The summed E-state index contributed by atoms with van der Waals surface area (Å²) in [6.07, 6.45) is 3.04. The van der Waals surface area contributed by atoms with Gasteiger partial charge >= 0.3 is 6.09 Å². The number of anilines is 2. The maximum absolute atomic E-state index is 14.1. The summed E-state index contributed by atoms with van der Waals surface area (Å²) in [5, 5.41) is 16.8. The van der Waals surface area contributed by atoms with Crippen molar-refractivity contribution in [3.63, 3.8) is 0 Å². The summed E-state index contributed by atoms with van der Waals surface area (Å²) in [4.78, 5) is 61.0. The average Bonchev–Trinajstić information content (AvgIpc) is 3.75. The first kappa shape index (κ1) is 30.9. The number of pyridine rings is 1. The molecular weight excluding hydrogens is 636 g/mol. The molecule has 3 N–H and O–H groups in total. The molecule has 3 amide bonds. The van der Waals surface area contributed by atoms with E-state index in [4.69, 9.17) is 4.74 Å². The zero-order valence-electron chi connectivity index (χ0n) is 24.8. The third-order valence-electron chi connectivity index (χ3n) is 6.82. The maximum atomic E-state index is 14.1. The number of aromatic nitrogens is 5. The fraction of sp³-hybridized carbons (Fsp3) is 0.267. The lowest BCUT2D eigenvalue weighted by atomic mass is 10.2. The number of fused-ring (bicyclic) bond motifs is 2. The standard InChI is InChI=1S/C30H27FN8O5S2/c1-30(2,3)44-29(43)36-22-11-21-15(12-32-22)10-16(45-21)13-34-24(40)20-8-9-23-33-14-19(28(42)39(20)23)35-25(41)27-38-37-26(46-27)17-6-4-5-7-18(17)31/h4-7,10-12,14,20H,8-9,13H2,1-3H3,(H,34,40)(H,35,41)(H,32,36,43)/t20-/m0/s1. The Balaban J connectivity index is 1.11. The summed E-state index contributed by atoms with van der Waals surface area (Å²) in [6, 6.07) is 8.80. The van der Waals surface area contributed by atoms with E-state index in [1.807, 2.05) is 6.07 Å². The molecule has 1 aromatic carbocycles. The molecule has 46 heavy (non-hydrogen) atoms. The minimum Gasteiger partial charge on any atom is -0.444 e. The topological polar surface area (TPSA) is 170 Å². The zero-order chi connectivity index (χ0) is 32.6. The second kappa shape index (κ2) is 12.4. The van der Waals surface area contributed by atoms with Crippen LogP contribution in [0.15, 0.2) is 53.6 Å². The van der Waals surface area contributed by atoms with Gasteiger partial charge in [-0.15, -0.1) is 21.5 Å². The van der Waals surface area contributed by atoms with Crippen LogP contribution in [0.1, 0.15) is 53.7 Å². The van der Waals surface area contributed by atoms with Gasteiger partial charge in [-0.25, -0.2) is 19.2 Å². The van der Waals surface area contributed by atoms with Gasteiger partial charge in [-0.05, 0) is 51.5 Å². The van der Waals surface area contributed by atoms with Crippen molar-refractivity contribution in [3.05, 3.63) is 80.7 Å². The zero-order valence-corrected chi connectivity index (χ0v) is 26.4. The molecule has 0 aliphatic carbocycles. The molecule has 5 heterocycles. The van der Waals surface area contributed by atoms with E-state index in [2.05, 4.69) is 36.1 Å². The van der Waals surface area contributed by atoms with Crippen LogP contribution in [0.25, 0.3) is 20.7 Å². The number of nitrogens with zero attached hydrogens (tertiary/aromatic N) is 5. The highest BCUT2D eigenvalue weighted by atomic mass is 32.1. The van der Waals surface area contributed by atoms with Gasteiger partial charge in [-0.2, -0.15) is 0 Å². The second-order valence-corrected chi connectivity index (χ2v) is 13.5. The number of hydrogen-bond acceptors (Lipinski definition) is 11. The molecule has 0 saturated heterocycles. The predicted molar refractivity (Wildman–Crippen MR) is 170 cm³/mol. The number of hydrogen-bond donors (Lipinski definition) is 3. The molecule has 1 aliphatic rings. The molecule has 5 aromatic rings.